The van der Waals surface area contributed by atoms with Gasteiger partial charge in [0.05, 0.1) is 16.6 Å². The number of hydrogen-bond donors (Lipinski definition) is 4. The molecule has 0 spiro atoms. The van der Waals surface area contributed by atoms with Crippen molar-refractivity contribution in [3.05, 3.63) is 99.7 Å². The zero-order chi connectivity index (χ0) is 24.8. The molecule has 0 aliphatic rings. The second-order valence-corrected chi connectivity index (χ2v) is 8.93. The first-order valence-electron chi connectivity index (χ1n) is 11.5. The van der Waals surface area contributed by atoms with E-state index in [0.29, 0.717) is 30.0 Å². The molecule has 0 radical (unpaired) electrons. The Morgan fingerprint density at radius 3 is 2.75 bits per heavy atom. The minimum absolute atomic E-state index is 0.116. The van der Waals surface area contributed by atoms with Crippen molar-refractivity contribution in [1.82, 2.24) is 29.8 Å². The fraction of sp³-hybridized carbons (Fsp3) is 0.111. The van der Waals surface area contributed by atoms with E-state index in [1.807, 2.05) is 61.7 Å². The van der Waals surface area contributed by atoms with Crippen LogP contribution in [0.3, 0.4) is 0 Å². The smallest absolute Gasteiger partial charge is 0.323 e. The number of aryl methyl sites for hydroxylation is 1. The minimum atomic E-state index is -0.262. The van der Waals surface area contributed by atoms with Crippen molar-refractivity contribution in [3.63, 3.8) is 0 Å². The average Bonchev–Trinajstić information content (AvgIpc) is 3.49. The summed E-state index contributed by atoms with van der Waals surface area (Å²) in [5, 5.41) is 1.82. The van der Waals surface area contributed by atoms with Crippen LogP contribution in [0.5, 0.6) is 0 Å². The van der Waals surface area contributed by atoms with Gasteiger partial charge in [0.1, 0.15) is 11.5 Å². The van der Waals surface area contributed by atoms with E-state index >= 15 is 0 Å². The van der Waals surface area contributed by atoms with Gasteiger partial charge in [0.15, 0.2) is 0 Å². The van der Waals surface area contributed by atoms with E-state index in [9.17, 15) is 9.59 Å². The normalized spacial score (nSPS) is 11.5. The van der Waals surface area contributed by atoms with Gasteiger partial charge in [-0.05, 0) is 72.1 Å². The third-order valence-corrected chi connectivity index (χ3v) is 6.44. The van der Waals surface area contributed by atoms with Crippen LogP contribution < -0.4 is 11.4 Å². The highest BCUT2D eigenvalue weighted by Crippen LogP contribution is 2.24. The van der Waals surface area contributed by atoms with E-state index in [4.69, 9.17) is 5.73 Å². The molecule has 4 heterocycles. The van der Waals surface area contributed by atoms with Crippen LogP contribution in [0.2, 0.25) is 0 Å². The van der Waals surface area contributed by atoms with Gasteiger partial charge < -0.3 is 25.6 Å². The van der Waals surface area contributed by atoms with Gasteiger partial charge in [-0.2, -0.15) is 0 Å². The van der Waals surface area contributed by atoms with Crippen molar-refractivity contribution in [2.24, 2.45) is 0 Å². The van der Waals surface area contributed by atoms with Crippen molar-refractivity contribution in [3.8, 4) is 0 Å². The van der Waals surface area contributed by atoms with E-state index in [1.54, 1.807) is 17.2 Å². The summed E-state index contributed by atoms with van der Waals surface area (Å²) in [6.45, 7) is 2.64. The number of nitrogens with zero attached hydrogens (tertiary/aromatic N) is 3. The Bertz CT molecular complexity index is 1830. The van der Waals surface area contributed by atoms with Crippen LogP contribution in [-0.4, -0.2) is 35.7 Å². The summed E-state index contributed by atoms with van der Waals surface area (Å²) < 4.78 is 0. The molecule has 0 bridgehead atoms. The maximum atomic E-state index is 13.9. The van der Waals surface area contributed by atoms with Crippen molar-refractivity contribution in [2.45, 2.75) is 20.0 Å². The molecular formula is C27H23N7O2. The number of carbonyl (C=O) groups is 1. The van der Waals surface area contributed by atoms with Crippen LogP contribution in [0, 0.1) is 6.92 Å². The number of rotatable bonds is 5. The van der Waals surface area contributed by atoms with Crippen molar-refractivity contribution >= 4 is 44.7 Å². The second kappa shape index (κ2) is 8.38. The monoisotopic (exact) mass is 477 g/mol. The topological polar surface area (TPSA) is 137 Å². The number of benzene rings is 2. The molecule has 1 amide bonds. The first-order valence-corrected chi connectivity index (χ1v) is 11.5. The number of aromatic amines is 3. The summed E-state index contributed by atoms with van der Waals surface area (Å²) >= 11 is 0. The summed E-state index contributed by atoms with van der Waals surface area (Å²) in [6.07, 6.45) is 3.58. The zero-order valence-corrected chi connectivity index (χ0v) is 19.5. The summed E-state index contributed by atoms with van der Waals surface area (Å²) in [5.41, 5.74) is 11.9. The number of anilines is 1. The lowest BCUT2D eigenvalue weighted by Gasteiger charge is -2.24. The predicted octanol–water partition coefficient (Wildman–Crippen LogP) is 4.01. The molecule has 4 aromatic heterocycles. The van der Waals surface area contributed by atoms with E-state index in [0.717, 1.165) is 44.1 Å². The number of carbonyl (C=O) groups excluding carboxylic acids is 1. The van der Waals surface area contributed by atoms with Gasteiger partial charge in [0, 0.05) is 41.8 Å². The highest BCUT2D eigenvalue weighted by Gasteiger charge is 2.19. The molecule has 5 N–H and O–H groups in total. The number of pyridine rings is 2. The summed E-state index contributed by atoms with van der Waals surface area (Å²) in [7, 11) is 0. The van der Waals surface area contributed by atoms with Crippen LogP contribution in [0.25, 0.3) is 33.0 Å². The molecule has 9 heteroatoms. The van der Waals surface area contributed by atoms with E-state index < -0.39 is 0 Å². The minimum Gasteiger partial charge on any atom is -0.383 e. The number of amides is 1. The number of fused-ring (bicyclic) bond motifs is 3. The van der Waals surface area contributed by atoms with Crippen molar-refractivity contribution in [1.29, 1.82) is 0 Å². The average molecular weight is 478 g/mol. The van der Waals surface area contributed by atoms with Gasteiger partial charge in [-0.1, -0.05) is 6.07 Å². The first-order chi connectivity index (χ1) is 17.4. The lowest BCUT2D eigenvalue weighted by atomic mass is 10.1. The molecule has 0 saturated carbocycles. The maximum Gasteiger partial charge on any atom is 0.323 e. The number of nitrogens with two attached hydrogens (primary N) is 1. The molecule has 6 aromatic rings. The Labute approximate surface area is 205 Å². The fourth-order valence-corrected chi connectivity index (χ4v) is 4.57. The molecule has 0 aliphatic carbocycles. The van der Waals surface area contributed by atoms with Gasteiger partial charge in [0.25, 0.3) is 5.91 Å². The second-order valence-electron chi connectivity index (χ2n) is 8.93. The lowest BCUT2D eigenvalue weighted by molar-refractivity contribution is 0.0731. The number of nitrogens with one attached hydrogen (secondary N) is 3. The highest BCUT2D eigenvalue weighted by atomic mass is 16.2. The van der Waals surface area contributed by atoms with Gasteiger partial charge >= 0.3 is 5.69 Å². The van der Waals surface area contributed by atoms with Crippen LogP contribution in [-0.2, 0) is 13.1 Å². The summed E-state index contributed by atoms with van der Waals surface area (Å²) in [4.78, 5) is 44.9. The maximum absolute atomic E-state index is 13.9. The van der Waals surface area contributed by atoms with Crippen molar-refractivity contribution < 1.29 is 4.79 Å². The molecular weight excluding hydrogens is 454 g/mol. The molecule has 2 aromatic carbocycles. The number of hydrogen-bond acceptors (Lipinski definition) is 5. The Balaban J connectivity index is 1.40. The van der Waals surface area contributed by atoms with E-state index in [1.165, 1.54) is 0 Å². The van der Waals surface area contributed by atoms with Crippen LogP contribution in [0.1, 0.15) is 27.0 Å². The van der Waals surface area contributed by atoms with Crippen LogP contribution in [0.4, 0.5) is 5.82 Å². The summed E-state index contributed by atoms with van der Waals surface area (Å²) in [6, 6.07) is 17.0. The van der Waals surface area contributed by atoms with Crippen LogP contribution >= 0.6 is 0 Å². The molecule has 0 atom stereocenters. The molecule has 0 fully saturated rings. The molecule has 36 heavy (non-hydrogen) atoms. The Morgan fingerprint density at radius 2 is 1.86 bits per heavy atom. The molecule has 0 aliphatic heterocycles. The SMILES string of the molecule is Cc1cc2cc(C(=O)N(Cc3ccc4[nH]c(=O)[nH]c4c3)Cc3ccnc4[nH]ccc34)ccc2nc1N. The quantitative estimate of drug-likeness (QED) is 0.297. The number of nitrogen functional groups attached to an aromatic ring is 1. The molecule has 178 valence electrons. The largest absolute Gasteiger partial charge is 0.383 e. The number of H-pyrrole nitrogens is 3. The Hall–Kier alpha value is -4.92. The standard InChI is InChI=1S/C27H23N7O2/c1-15-10-19-12-17(3-5-21(19)31-24(15)28)26(35)34(14-18-6-8-29-25-20(18)7-9-30-25)13-16-2-4-22-23(11-16)33-27(36)32-22/h2-12H,13-14H2,1H3,(H2,28,31)(H,29,30)(H2,32,33,36). The van der Waals surface area contributed by atoms with Gasteiger partial charge in [-0.15, -0.1) is 0 Å². The van der Waals surface area contributed by atoms with Crippen molar-refractivity contribution in [2.75, 3.05) is 5.73 Å². The first kappa shape index (κ1) is 21.6. The zero-order valence-electron chi connectivity index (χ0n) is 19.5. The third kappa shape index (κ3) is 3.86. The van der Waals surface area contributed by atoms with E-state index in [2.05, 4.69) is 24.9 Å². The molecule has 9 nitrogen and oxygen atoms in total. The fourth-order valence-electron chi connectivity index (χ4n) is 4.57. The van der Waals surface area contributed by atoms with Crippen LogP contribution in [0.15, 0.2) is 71.8 Å². The Kier molecular flexibility index (Phi) is 5.03. The lowest BCUT2D eigenvalue weighted by Crippen LogP contribution is -2.30. The summed E-state index contributed by atoms with van der Waals surface area (Å²) in [5.74, 6) is 0.365. The highest BCUT2D eigenvalue weighted by molar-refractivity contribution is 5.98. The molecule has 6 rings (SSSR count). The number of aromatic nitrogens is 5. The third-order valence-electron chi connectivity index (χ3n) is 6.44. The predicted molar refractivity (Wildman–Crippen MR) is 139 cm³/mol. The molecule has 0 saturated heterocycles. The van der Waals surface area contributed by atoms with Gasteiger partial charge in [0.2, 0.25) is 0 Å². The van der Waals surface area contributed by atoms with Gasteiger partial charge in [-0.25, -0.2) is 14.8 Å². The van der Waals surface area contributed by atoms with Gasteiger partial charge in [-0.3, -0.25) is 4.79 Å². The van der Waals surface area contributed by atoms with E-state index in [-0.39, 0.29) is 11.6 Å². The number of imidazole rings is 1. The Morgan fingerprint density at radius 1 is 1.00 bits per heavy atom. The molecule has 0 unspecified atom stereocenters.